The van der Waals surface area contributed by atoms with Gasteiger partial charge in [-0.25, -0.2) is 0 Å². The van der Waals surface area contributed by atoms with Gasteiger partial charge >= 0.3 is 0 Å². The molecule has 0 fully saturated rings. The van der Waals surface area contributed by atoms with E-state index in [1.807, 2.05) is 0 Å². The maximum atomic E-state index is 10.4. The molecule has 0 saturated carbocycles. The Hall–Kier alpha value is -1.68. The minimum Gasteiger partial charge on any atom is -0.376 e. The maximum Gasteiger partial charge on any atom is 0.269 e. The van der Waals surface area contributed by atoms with Crippen LogP contribution in [0.4, 0.5) is 5.69 Å². The molecule has 15 heavy (non-hydrogen) atoms. The number of nitrogens with zero attached hydrogens (tertiary/aromatic N) is 1. The first-order valence-electron chi connectivity index (χ1n) is 4.57. The summed E-state index contributed by atoms with van der Waals surface area (Å²) in [5.74, 6) is 0. The quantitative estimate of drug-likeness (QED) is 0.423. The lowest BCUT2D eigenvalue weighted by Crippen LogP contribution is -2.00. The predicted octanol–water partition coefficient (Wildman–Crippen LogP) is 2.86. The van der Waals surface area contributed by atoms with Crippen LogP contribution in [-0.2, 0) is 4.74 Å². The molecule has 1 unspecified atom stereocenters. The molecule has 0 N–H and O–H groups in total. The van der Waals surface area contributed by atoms with E-state index in [1.165, 1.54) is 12.1 Å². The summed E-state index contributed by atoms with van der Waals surface area (Å²) in [7, 11) is 1.61. The molecule has 0 amide bonds. The van der Waals surface area contributed by atoms with E-state index in [0.29, 0.717) is 6.42 Å². The summed E-state index contributed by atoms with van der Waals surface area (Å²) in [4.78, 5) is 10.0. The highest BCUT2D eigenvalue weighted by Crippen LogP contribution is 2.22. The molecule has 1 atom stereocenters. The molecule has 0 aliphatic rings. The zero-order valence-corrected chi connectivity index (χ0v) is 8.55. The zero-order chi connectivity index (χ0) is 11.3. The van der Waals surface area contributed by atoms with E-state index >= 15 is 0 Å². The number of rotatable bonds is 5. The zero-order valence-electron chi connectivity index (χ0n) is 8.55. The van der Waals surface area contributed by atoms with Crippen molar-refractivity contribution >= 4 is 5.69 Å². The van der Waals surface area contributed by atoms with Gasteiger partial charge in [0.25, 0.3) is 5.69 Å². The van der Waals surface area contributed by atoms with Gasteiger partial charge < -0.3 is 4.74 Å². The smallest absolute Gasteiger partial charge is 0.269 e. The van der Waals surface area contributed by atoms with Crippen molar-refractivity contribution < 1.29 is 9.66 Å². The van der Waals surface area contributed by atoms with Crippen molar-refractivity contribution in [1.82, 2.24) is 0 Å². The van der Waals surface area contributed by atoms with E-state index in [0.717, 1.165) is 5.56 Å². The molecule has 0 bridgehead atoms. The SMILES string of the molecule is C=CCC(OC)c1ccc([N+](=O)[O-])cc1. The molecule has 0 spiro atoms. The number of nitro benzene ring substituents is 1. The lowest BCUT2D eigenvalue weighted by Gasteiger charge is -2.12. The van der Waals surface area contributed by atoms with E-state index in [2.05, 4.69) is 6.58 Å². The maximum absolute atomic E-state index is 10.4. The Kier molecular flexibility index (Phi) is 4.00. The van der Waals surface area contributed by atoms with Crippen LogP contribution in [0, 0.1) is 10.1 Å². The summed E-state index contributed by atoms with van der Waals surface area (Å²) in [6, 6.07) is 6.36. The van der Waals surface area contributed by atoms with Gasteiger partial charge in [0, 0.05) is 19.2 Å². The Morgan fingerprint density at radius 1 is 1.53 bits per heavy atom. The fourth-order valence-electron chi connectivity index (χ4n) is 1.33. The third-order valence-electron chi connectivity index (χ3n) is 2.14. The van der Waals surface area contributed by atoms with E-state index in [1.54, 1.807) is 25.3 Å². The van der Waals surface area contributed by atoms with Crippen LogP contribution >= 0.6 is 0 Å². The molecule has 80 valence electrons. The number of hydrogen-bond acceptors (Lipinski definition) is 3. The average molecular weight is 207 g/mol. The predicted molar refractivity (Wildman–Crippen MR) is 57.7 cm³/mol. The molecule has 0 aliphatic heterocycles. The second-order valence-electron chi connectivity index (χ2n) is 3.10. The second kappa shape index (κ2) is 5.26. The second-order valence-corrected chi connectivity index (χ2v) is 3.10. The Morgan fingerprint density at radius 2 is 2.13 bits per heavy atom. The number of benzene rings is 1. The number of non-ortho nitro benzene ring substituents is 1. The molecule has 4 heteroatoms. The summed E-state index contributed by atoms with van der Waals surface area (Å²) in [6.45, 7) is 3.63. The van der Waals surface area contributed by atoms with Gasteiger partial charge in [0.05, 0.1) is 11.0 Å². The van der Waals surface area contributed by atoms with Gasteiger partial charge in [0.15, 0.2) is 0 Å². The Labute approximate surface area is 88.3 Å². The summed E-state index contributed by atoms with van der Waals surface area (Å²) in [5.41, 5.74) is 1.01. The fourth-order valence-corrected chi connectivity index (χ4v) is 1.33. The lowest BCUT2D eigenvalue weighted by atomic mass is 10.1. The number of ether oxygens (including phenoxy) is 1. The topological polar surface area (TPSA) is 52.4 Å². The van der Waals surface area contributed by atoms with Gasteiger partial charge in [-0.05, 0) is 24.1 Å². The monoisotopic (exact) mass is 207 g/mol. The van der Waals surface area contributed by atoms with Crippen LogP contribution in [0.15, 0.2) is 36.9 Å². The molecule has 1 aromatic rings. The average Bonchev–Trinajstić information content (AvgIpc) is 2.26. The minimum atomic E-state index is -0.418. The van der Waals surface area contributed by atoms with Gasteiger partial charge in [-0.1, -0.05) is 6.08 Å². The summed E-state index contributed by atoms with van der Waals surface area (Å²) in [6.07, 6.45) is 2.37. The first-order chi connectivity index (χ1) is 7.19. The van der Waals surface area contributed by atoms with Gasteiger partial charge in [0.2, 0.25) is 0 Å². The Bertz CT molecular complexity index is 345. The molecule has 1 rings (SSSR count). The van der Waals surface area contributed by atoms with Crippen LogP contribution < -0.4 is 0 Å². The van der Waals surface area contributed by atoms with Gasteiger partial charge in [-0.3, -0.25) is 10.1 Å². The highest BCUT2D eigenvalue weighted by atomic mass is 16.6. The van der Waals surface area contributed by atoms with Gasteiger partial charge in [-0.2, -0.15) is 0 Å². The van der Waals surface area contributed by atoms with Crippen molar-refractivity contribution in [3.8, 4) is 0 Å². The highest BCUT2D eigenvalue weighted by molar-refractivity contribution is 5.33. The van der Waals surface area contributed by atoms with Crippen LogP contribution in [0.1, 0.15) is 18.1 Å². The Morgan fingerprint density at radius 3 is 2.53 bits per heavy atom. The molecule has 4 nitrogen and oxygen atoms in total. The first kappa shape index (κ1) is 11.4. The van der Waals surface area contributed by atoms with Crippen molar-refractivity contribution in [2.75, 3.05) is 7.11 Å². The van der Waals surface area contributed by atoms with Gasteiger partial charge in [0.1, 0.15) is 0 Å². The van der Waals surface area contributed by atoms with Crippen molar-refractivity contribution in [3.05, 3.63) is 52.6 Å². The third-order valence-corrected chi connectivity index (χ3v) is 2.14. The van der Waals surface area contributed by atoms with Crippen LogP contribution in [-0.4, -0.2) is 12.0 Å². The number of nitro groups is 1. The van der Waals surface area contributed by atoms with Gasteiger partial charge in [-0.15, -0.1) is 6.58 Å². The molecular weight excluding hydrogens is 194 g/mol. The molecule has 0 aliphatic carbocycles. The lowest BCUT2D eigenvalue weighted by molar-refractivity contribution is -0.384. The van der Waals surface area contributed by atoms with E-state index in [-0.39, 0.29) is 11.8 Å². The van der Waals surface area contributed by atoms with Crippen LogP contribution in [0.2, 0.25) is 0 Å². The normalized spacial score (nSPS) is 12.1. The molecule has 1 aromatic carbocycles. The summed E-state index contributed by atoms with van der Waals surface area (Å²) < 4.78 is 5.24. The largest absolute Gasteiger partial charge is 0.376 e. The first-order valence-corrected chi connectivity index (χ1v) is 4.57. The van der Waals surface area contributed by atoms with Crippen LogP contribution in [0.25, 0.3) is 0 Å². The van der Waals surface area contributed by atoms with E-state index in [9.17, 15) is 10.1 Å². The third kappa shape index (κ3) is 2.89. The highest BCUT2D eigenvalue weighted by Gasteiger charge is 2.10. The molecule has 0 aromatic heterocycles. The molecule has 0 radical (unpaired) electrons. The van der Waals surface area contributed by atoms with Crippen molar-refractivity contribution in [1.29, 1.82) is 0 Å². The Balaban J connectivity index is 2.86. The van der Waals surface area contributed by atoms with Crippen molar-refractivity contribution in [2.24, 2.45) is 0 Å². The summed E-state index contributed by atoms with van der Waals surface area (Å²) in [5, 5.41) is 10.4. The molecule has 0 saturated heterocycles. The molecular formula is C11H13NO3. The van der Waals surface area contributed by atoms with Crippen molar-refractivity contribution in [3.63, 3.8) is 0 Å². The standard InChI is InChI=1S/C11H13NO3/c1-3-4-11(15-2)9-5-7-10(8-6-9)12(13)14/h3,5-8,11H,1,4H2,2H3. The number of methoxy groups -OCH3 is 1. The van der Waals surface area contributed by atoms with Crippen LogP contribution in [0.3, 0.4) is 0 Å². The minimum absolute atomic E-state index is 0.0803. The summed E-state index contributed by atoms with van der Waals surface area (Å²) >= 11 is 0. The van der Waals surface area contributed by atoms with Crippen molar-refractivity contribution in [2.45, 2.75) is 12.5 Å². The molecule has 0 heterocycles. The van der Waals surface area contributed by atoms with E-state index < -0.39 is 4.92 Å². The fraction of sp³-hybridized carbons (Fsp3) is 0.273. The number of hydrogen-bond donors (Lipinski definition) is 0. The van der Waals surface area contributed by atoms with E-state index in [4.69, 9.17) is 4.74 Å². The van der Waals surface area contributed by atoms with Crippen LogP contribution in [0.5, 0.6) is 0 Å².